The van der Waals surface area contributed by atoms with Gasteiger partial charge < -0.3 is 9.47 Å². The molecule has 6 heteroatoms. The average Bonchev–Trinajstić information content (AvgIpc) is 2.06. The molecule has 0 aromatic rings. The van der Waals surface area contributed by atoms with Crippen LogP contribution >= 0.6 is 0 Å². The molecule has 0 unspecified atom stereocenters. The average molecular weight is 195 g/mol. The van der Waals surface area contributed by atoms with Crippen molar-refractivity contribution < 1.29 is 19.1 Å². The molecule has 5 nitrogen and oxygen atoms in total. The van der Waals surface area contributed by atoms with Crippen LogP contribution in [0.1, 0.15) is 0 Å². The smallest absolute Gasteiger partial charge is 0.151 e. The van der Waals surface area contributed by atoms with E-state index in [1.54, 1.807) is 14.2 Å². The van der Waals surface area contributed by atoms with E-state index in [2.05, 4.69) is 0 Å². The Labute approximate surface area is 75.9 Å². The predicted octanol–water partition coefficient (Wildman–Crippen LogP) is -1.28. The number of nitrogens with zero attached hydrogens (tertiary/aromatic N) is 1. The van der Waals surface area contributed by atoms with Crippen molar-refractivity contribution in [2.24, 2.45) is 0 Å². The van der Waals surface area contributed by atoms with Crippen LogP contribution in [0, 0.1) is 0 Å². The van der Waals surface area contributed by atoms with E-state index in [1.165, 1.54) is 4.89 Å². The summed E-state index contributed by atoms with van der Waals surface area (Å²) in [6.07, 6.45) is 0. The van der Waals surface area contributed by atoms with Crippen LogP contribution in [0.3, 0.4) is 0 Å². The second kappa shape index (κ2) is 9.11. The first-order valence-electron chi connectivity index (χ1n) is 3.78. The van der Waals surface area contributed by atoms with Gasteiger partial charge in [0.1, 0.15) is 0 Å². The molecule has 0 aliphatic carbocycles. The third-order valence-corrected chi connectivity index (χ3v) is 1.64. The van der Waals surface area contributed by atoms with Crippen molar-refractivity contribution in [3.8, 4) is 0 Å². The molecule has 74 valence electrons. The minimum Gasteiger partial charge on any atom is -0.382 e. The van der Waals surface area contributed by atoms with Crippen LogP contribution in [0.2, 0.25) is 0 Å². The maximum Gasteiger partial charge on any atom is 0.151 e. The Morgan fingerprint density at radius 1 is 0.917 bits per heavy atom. The maximum atomic E-state index is 5.12. The van der Waals surface area contributed by atoms with E-state index in [1.807, 2.05) is 0 Å². The second-order valence-corrected chi connectivity index (χ2v) is 2.82. The molecule has 0 aromatic carbocycles. The first-order valence-corrected chi connectivity index (χ1v) is 4.68. The zero-order valence-corrected chi connectivity index (χ0v) is 9.91. The monoisotopic (exact) mass is 195 g/mol. The van der Waals surface area contributed by atoms with Gasteiger partial charge >= 0.3 is 0 Å². The molecule has 0 fully saturated rings. The zero-order chi connectivity index (χ0) is 9.23. The maximum absolute atomic E-state index is 5.12. The molecule has 0 saturated heterocycles. The molecular formula is C6H17NO4Si. The lowest BCUT2D eigenvalue weighted by atomic mass is 10.8. The molecule has 0 aromatic heterocycles. The summed E-state index contributed by atoms with van der Waals surface area (Å²) in [5.74, 6) is 0. The number of methoxy groups -OCH3 is 2. The quantitative estimate of drug-likeness (QED) is 0.274. The molecule has 12 heavy (non-hydrogen) atoms. The van der Waals surface area contributed by atoms with E-state index in [0.717, 1.165) is 0 Å². The van der Waals surface area contributed by atoms with Crippen LogP contribution in [-0.4, -0.2) is 55.9 Å². The third-order valence-electron chi connectivity index (χ3n) is 1.12. The van der Waals surface area contributed by atoms with E-state index in [4.69, 9.17) is 19.1 Å². The van der Waals surface area contributed by atoms with Crippen LogP contribution in [0.25, 0.3) is 0 Å². The van der Waals surface area contributed by atoms with Crippen molar-refractivity contribution >= 4 is 10.4 Å². The highest BCUT2D eigenvalue weighted by Gasteiger charge is 1.96. The highest BCUT2D eigenvalue weighted by molar-refractivity contribution is 6.02. The van der Waals surface area contributed by atoms with Gasteiger partial charge in [0.15, 0.2) is 10.4 Å². The van der Waals surface area contributed by atoms with E-state index in [0.29, 0.717) is 36.8 Å². The minimum absolute atomic E-state index is 0.521. The fraction of sp³-hybridized carbons (Fsp3) is 1.00. The molecule has 0 amide bonds. The van der Waals surface area contributed by atoms with Gasteiger partial charge in [-0.05, 0) is 0 Å². The van der Waals surface area contributed by atoms with Crippen molar-refractivity contribution in [2.75, 3.05) is 40.6 Å². The summed E-state index contributed by atoms with van der Waals surface area (Å²) in [4.78, 5) is 11.7. The molecule has 0 saturated carbocycles. The van der Waals surface area contributed by atoms with Crippen molar-refractivity contribution in [3.63, 3.8) is 0 Å². The van der Waals surface area contributed by atoms with Crippen molar-refractivity contribution in [1.82, 2.24) is 4.89 Å². The van der Waals surface area contributed by atoms with Crippen LogP contribution < -0.4 is 0 Å². The molecule has 0 heterocycles. The van der Waals surface area contributed by atoms with Gasteiger partial charge in [-0.1, -0.05) is 0 Å². The Morgan fingerprint density at radius 3 is 1.67 bits per heavy atom. The molecule has 0 radical (unpaired) electrons. The van der Waals surface area contributed by atoms with Gasteiger partial charge in [-0.2, -0.15) is 0 Å². The summed E-state index contributed by atoms with van der Waals surface area (Å²) in [5, 5.41) is 0. The molecule has 0 rings (SSSR count). The lowest BCUT2D eigenvalue weighted by molar-refractivity contribution is -0.308. The number of rotatable bonds is 8. The Hall–Kier alpha value is 0.0169. The van der Waals surface area contributed by atoms with E-state index >= 15 is 0 Å². The SMILES string of the molecule is COCCON([SiH3])OCCOC. The molecule has 0 spiro atoms. The summed E-state index contributed by atoms with van der Waals surface area (Å²) < 4.78 is 9.60. The zero-order valence-electron chi connectivity index (χ0n) is 7.91. The Kier molecular flexibility index (Phi) is 9.12. The van der Waals surface area contributed by atoms with E-state index < -0.39 is 0 Å². The molecular weight excluding hydrogens is 178 g/mol. The molecule has 0 aliphatic heterocycles. The molecule has 0 atom stereocenters. The third kappa shape index (κ3) is 8.12. The van der Waals surface area contributed by atoms with E-state index in [9.17, 15) is 0 Å². The first-order chi connectivity index (χ1) is 5.81. The summed E-state index contributed by atoms with van der Waals surface area (Å²) in [5.41, 5.74) is 0. The van der Waals surface area contributed by atoms with Gasteiger partial charge in [0.25, 0.3) is 0 Å². The van der Waals surface area contributed by atoms with Gasteiger partial charge in [-0.15, -0.1) is 4.89 Å². The Balaban J connectivity index is 3.04. The lowest BCUT2D eigenvalue weighted by Gasteiger charge is -2.16. The van der Waals surface area contributed by atoms with Crippen molar-refractivity contribution in [3.05, 3.63) is 0 Å². The summed E-state index contributed by atoms with van der Waals surface area (Å²) in [6.45, 7) is 2.19. The largest absolute Gasteiger partial charge is 0.382 e. The van der Waals surface area contributed by atoms with Crippen LogP contribution in [0.4, 0.5) is 0 Å². The summed E-state index contributed by atoms with van der Waals surface area (Å²) in [6, 6.07) is 0. The van der Waals surface area contributed by atoms with Gasteiger partial charge in [0.2, 0.25) is 0 Å². The summed E-state index contributed by atoms with van der Waals surface area (Å²) >= 11 is 0. The number of ether oxygens (including phenoxy) is 2. The standard InChI is InChI=1S/C6H17NO4Si/c1-8-3-5-10-7(12)11-6-4-9-2/h3-6H2,1-2,12H3. The molecule has 0 bridgehead atoms. The Morgan fingerprint density at radius 2 is 1.33 bits per heavy atom. The van der Waals surface area contributed by atoms with Gasteiger partial charge in [0, 0.05) is 14.2 Å². The van der Waals surface area contributed by atoms with Gasteiger partial charge in [0.05, 0.1) is 26.4 Å². The Bertz CT molecular complexity index is 85.6. The van der Waals surface area contributed by atoms with Gasteiger partial charge in [-0.25, -0.2) is 0 Å². The number of hydrogen-bond donors (Lipinski definition) is 0. The van der Waals surface area contributed by atoms with Gasteiger partial charge in [-0.3, -0.25) is 9.68 Å². The fourth-order valence-corrected chi connectivity index (χ4v) is 0.901. The lowest BCUT2D eigenvalue weighted by Crippen LogP contribution is -2.24. The van der Waals surface area contributed by atoms with Crippen molar-refractivity contribution in [1.29, 1.82) is 0 Å². The normalized spacial score (nSPS) is 11.2. The fourth-order valence-electron chi connectivity index (χ4n) is 0.536. The second-order valence-electron chi connectivity index (χ2n) is 2.09. The highest BCUT2D eigenvalue weighted by atomic mass is 28.2. The molecule has 0 N–H and O–H groups in total. The van der Waals surface area contributed by atoms with E-state index in [-0.39, 0.29) is 0 Å². The van der Waals surface area contributed by atoms with Crippen LogP contribution in [-0.2, 0) is 19.1 Å². The van der Waals surface area contributed by atoms with Crippen LogP contribution in [0.5, 0.6) is 0 Å². The number of hydrogen-bond acceptors (Lipinski definition) is 5. The topological polar surface area (TPSA) is 40.2 Å². The first kappa shape index (κ1) is 12.0. The highest BCUT2D eigenvalue weighted by Crippen LogP contribution is 1.86. The predicted molar refractivity (Wildman–Crippen MR) is 47.4 cm³/mol. The van der Waals surface area contributed by atoms with Crippen LogP contribution in [0.15, 0.2) is 0 Å². The summed E-state index contributed by atoms with van der Waals surface area (Å²) in [7, 11) is 3.96. The minimum atomic E-state index is 0.521. The molecule has 0 aliphatic rings. The van der Waals surface area contributed by atoms with Crippen molar-refractivity contribution in [2.45, 2.75) is 0 Å².